The summed E-state index contributed by atoms with van der Waals surface area (Å²) in [4.78, 5) is 0. The van der Waals surface area contributed by atoms with Gasteiger partial charge >= 0.3 is 0 Å². The van der Waals surface area contributed by atoms with Gasteiger partial charge in [-0.15, -0.1) is 0 Å². The molecule has 1 unspecified atom stereocenters. The summed E-state index contributed by atoms with van der Waals surface area (Å²) in [6.07, 6.45) is 4.12. The van der Waals surface area contributed by atoms with Crippen molar-refractivity contribution in [3.8, 4) is 0 Å². The highest BCUT2D eigenvalue weighted by molar-refractivity contribution is 7.99. The number of ether oxygens (including phenoxy) is 1. The molecule has 1 saturated heterocycles. The van der Waals surface area contributed by atoms with E-state index in [1.807, 2.05) is 23.9 Å². The van der Waals surface area contributed by atoms with Gasteiger partial charge in [0, 0.05) is 18.0 Å². The molecule has 1 aromatic carbocycles. The average molecular weight is 237 g/mol. The molecule has 1 aliphatic heterocycles. The van der Waals surface area contributed by atoms with Crippen molar-refractivity contribution in [3.63, 3.8) is 0 Å². The third kappa shape index (κ3) is 3.72. The lowest BCUT2D eigenvalue weighted by Crippen LogP contribution is -2.08. The molecule has 0 spiro atoms. The second kappa shape index (κ2) is 6.16. The van der Waals surface area contributed by atoms with Crippen LogP contribution >= 0.6 is 11.8 Å². The van der Waals surface area contributed by atoms with Crippen LogP contribution in [-0.4, -0.2) is 24.2 Å². The lowest BCUT2D eigenvalue weighted by Gasteiger charge is -2.08. The number of hydrogen-bond acceptors (Lipinski definition) is 3. The molecule has 1 aliphatic rings. The summed E-state index contributed by atoms with van der Waals surface area (Å²) in [6, 6.07) is 8.17. The van der Waals surface area contributed by atoms with Gasteiger partial charge in [-0.25, -0.2) is 0 Å². The number of anilines is 1. The van der Waals surface area contributed by atoms with Crippen LogP contribution in [0.3, 0.4) is 0 Å². The highest BCUT2D eigenvalue weighted by Gasteiger charge is 2.14. The summed E-state index contributed by atoms with van der Waals surface area (Å²) < 4.78 is 5.58. The van der Waals surface area contributed by atoms with Crippen LogP contribution in [0.2, 0.25) is 0 Å². The lowest BCUT2D eigenvalue weighted by molar-refractivity contribution is 0.129. The fourth-order valence-electron chi connectivity index (χ4n) is 1.86. The summed E-state index contributed by atoms with van der Waals surface area (Å²) in [6.45, 7) is 0.961. The van der Waals surface area contributed by atoms with Crippen LogP contribution in [0.25, 0.3) is 0 Å². The highest BCUT2D eigenvalue weighted by Crippen LogP contribution is 2.18. The number of nitrogen functional groups attached to an aromatic ring is 1. The van der Waals surface area contributed by atoms with Gasteiger partial charge in [-0.3, -0.25) is 0 Å². The van der Waals surface area contributed by atoms with Crippen LogP contribution in [-0.2, 0) is 11.2 Å². The number of thioether (sulfide) groups is 1. The molecule has 1 fully saturated rings. The predicted octanol–water partition coefficient (Wildman–Crippen LogP) is 2.72. The Morgan fingerprint density at radius 2 is 2.12 bits per heavy atom. The zero-order valence-corrected chi connectivity index (χ0v) is 10.3. The first-order valence-corrected chi connectivity index (χ1v) is 7.04. The Labute approximate surface area is 102 Å². The smallest absolute Gasteiger partial charge is 0.0666 e. The molecule has 0 amide bonds. The van der Waals surface area contributed by atoms with E-state index in [-0.39, 0.29) is 0 Å². The summed E-state index contributed by atoms with van der Waals surface area (Å²) in [5, 5.41) is 0. The minimum absolute atomic E-state index is 0.511. The summed E-state index contributed by atoms with van der Waals surface area (Å²) >= 11 is 1.99. The summed E-state index contributed by atoms with van der Waals surface area (Å²) in [5.41, 5.74) is 7.86. The maximum atomic E-state index is 5.64. The molecule has 0 saturated carbocycles. The van der Waals surface area contributed by atoms with Gasteiger partial charge in [0.05, 0.1) is 6.10 Å². The van der Waals surface area contributed by atoms with Crippen LogP contribution in [0.15, 0.2) is 24.3 Å². The van der Waals surface area contributed by atoms with Crippen LogP contribution in [0.5, 0.6) is 0 Å². The summed E-state index contributed by atoms with van der Waals surface area (Å²) in [7, 11) is 0. The topological polar surface area (TPSA) is 35.2 Å². The Morgan fingerprint density at radius 3 is 2.81 bits per heavy atom. The zero-order chi connectivity index (χ0) is 11.2. The van der Waals surface area contributed by atoms with Crippen molar-refractivity contribution in [1.82, 2.24) is 0 Å². The molecule has 0 aromatic heterocycles. The molecule has 1 heterocycles. The van der Waals surface area contributed by atoms with Gasteiger partial charge in [0.2, 0.25) is 0 Å². The largest absolute Gasteiger partial charge is 0.399 e. The van der Waals surface area contributed by atoms with Gasteiger partial charge in [-0.2, -0.15) is 11.8 Å². The number of benzene rings is 1. The lowest BCUT2D eigenvalue weighted by atomic mass is 10.2. The van der Waals surface area contributed by atoms with Gasteiger partial charge < -0.3 is 10.5 Å². The third-order valence-electron chi connectivity index (χ3n) is 2.84. The van der Waals surface area contributed by atoms with E-state index in [0.717, 1.165) is 24.5 Å². The van der Waals surface area contributed by atoms with Crippen LogP contribution in [0, 0.1) is 0 Å². The number of hydrogen-bond donors (Lipinski definition) is 1. The molecule has 2 nitrogen and oxygen atoms in total. The first-order valence-electron chi connectivity index (χ1n) is 5.88. The number of aryl methyl sites for hydroxylation is 1. The van der Waals surface area contributed by atoms with Crippen molar-refractivity contribution < 1.29 is 4.74 Å². The minimum atomic E-state index is 0.511. The maximum Gasteiger partial charge on any atom is 0.0666 e. The van der Waals surface area contributed by atoms with Crippen molar-refractivity contribution in [2.75, 3.05) is 23.8 Å². The minimum Gasteiger partial charge on any atom is -0.399 e. The van der Waals surface area contributed by atoms with E-state index >= 15 is 0 Å². The second-order valence-electron chi connectivity index (χ2n) is 4.20. The molecule has 0 bridgehead atoms. The monoisotopic (exact) mass is 237 g/mol. The van der Waals surface area contributed by atoms with Crippen molar-refractivity contribution in [1.29, 1.82) is 0 Å². The normalized spacial score (nSPS) is 20.1. The molecule has 2 rings (SSSR count). The quantitative estimate of drug-likeness (QED) is 0.632. The van der Waals surface area contributed by atoms with Crippen molar-refractivity contribution in [2.45, 2.75) is 25.4 Å². The Morgan fingerprint density at radius 1 is 1.31 bits per heavy atom. The first-order chi connectivity index (χ1) is 7.84. The number of rotatable bonds is 5. The van der Waals surface area contributed by atoms with E-state index in [4.69, 9.17) is 10.5 Å². The fourth-order valence-corrected chi connectivity index (χ4v) is 2.94. The molecule has 16 heavy (non-hydrogen) atoms. The molecule has 88 valence electrons. The molecular weight excluding hydrogens is 218 g/mol. The molecule has 0 radical (unpaired) electrons. The van der Waals surface area contributed by atoms with Crippen LogP contribution < -0.4 is 5.73 Å². The SMILES string of the molecule is Nc1ccc(CCSCC2CCCO2)cc1. The Balaban J connectivity index is 1.62. The van der Waals surface area contributed by atoms with Crippen LogP contribution in [0.1, 0.15) is 18.4 Å². The molecule has 2 N–H and O–H groups in total. The first kappa shape index (κ1) is 11.8. The Kier molecular flexibility index (Phi) is 4.55. The third-order valence-corrected chi connectivity index (χ3v) is 3.94. The number of nitrogens with two attached hydrogens (primary N) is 1. The van der Waals surface area contributed by atoms with Crippen molar-refractivity contribution in [3.05, 3.63) is 29.8 Å². The second-order valence-corrected chi connectivity index (χ2v) is 5.35. The predicted molar refractivity (Wildman–Crippen MR) is 70.9 cm³/mol. The summed E-state index contributed by atoms with van der Waals surface area (Å²) in [5.74, 6) is 2.32. The average Bonchev–Trinajstić information content (AvgIpc) is 2.80. The highest BCUT2D eigenvalue weighted by atomic mass is 32.2. The van der Waals surface area contributed by atoms with Gasteiger partial charge in [-0.05, 0) is 42.7 Å². The van der Waals surface area contributed by atoms with Gasteiger partial charge in [0.25, 0.3) is 0 Å². The van der Waals surface area contributed by atoms with E-state index in [0.29, 0.717) is 6.10 Å². The molecule has 1 atom stereocenters. The molecule has 0 aliphatic carbocycles. The van der Waals surface area contributed by atoms with Gasteiger partial charge in [-0.1, -0.05) is 12.1 Å². The van der Waals surface area contributed by atoms with E-state index in [1.165, 1.54) is 24.2 Å². The Hall–Kier alpha value is -0.670. The van der Waals surface area contributed by atoms with E-state index in [1.54, 1.807) is 0 Å². The fraction of sp³-hybridized carbons (Fsp3) is 0.538. The van der Waals surface area contributed by atoms with Crippen molar-refractivity contribution in [2.24, 2.45) is 0 Å². The molecular formula is C13H19NOS. The molecule has 1 aromatic rings. The van der Waals surface area contributed by atoms with Crippen molar-refractivity contribution >= 4 is 17.4 Å². The van der Waals surface area contributed by atoms with E-state index < -0.39 is 0 Å². The zero-order valence-electron chi connectivity index (χ0n) is 9.52. The van der Waals surface area contributed by atoms with Gasteiger partial charge in [0.1, 0.15) is 0 Å². The maximum absolute atomic E-state index is 5.64. The van der Waals surface area contributed by atoms with Crippen LogP contribution in [0.4, 0.5) is 5.69 Å². The standard InChI is InChI=1S/C13H19NOS/c14-12-5-3-11(4-6-12)7-9-16-10-13-2-1-8-15-13/h3-6,13H,1-2,7-10,14H2. The molecule has 3 heteroatoms. The Bertz CT molecular complexity index is 306. The van der Waals surface area contributed by atoms with E-state index in [2.05, 4.69) is 12.1 Å². The van der Waals surface area contributed by atoms with E-state index in [9.17, 15) is 0 Å². The van der Waals surface area contributed by atoms with Gasteiger partial charge in [0.15, 0.2) is 0 Å².